The normalized spacial score (nSPS) is 12.5. The number of pyridine rings is 1. The number of rotatable bonds is 6. The lowest BCUT2D eigenvalue weighted by molar-refractivity contribution is 0.0600. The van der Waals surface area contributed by atoms with Crippen LogP contribution in [0.15, 0.2) is 47.5 Å². The van der Waals surface area contributed by atoms with E-state index in [9.17, 15) is 13.2 Å². The number of hydrogen-bond donors (Lipinski definition) is 2. The summed E-state index contributed by atoms with van der Waals surface area (Å²) in [4.78, 5) is 15.5. The highest BCUT2D eigenvalue weighted by atomic mass is 32.2. The molecule has 0 fully saturated rings. The molecule has 0 saturated carbocycles. The summed E-state index contributed by atoms with van der Waals surface area (Å²) in [6.07, 6.45) is 0.735. The van der Waals surface area contributed by atoms with E-state index in [1.807, 2.05) is 19.1 Å². The Morgan fingerprint density at radius 1 is 1.25 bits per heavy atom. The highest BCUT2D eigenvalue weighted by Gasteiger charge is 2.14. The molecule has 8 heteroatoms. The predicted molar refractivity (Wildman–Crippen MR) is 90.0 cm³/mol. The second-order valence-corrected chi connectivity index (χ2v) is 6.63. The van der Waals surface area contributed by atoms with E-state index in [1.165, 1.54) is 13.2 Å². The second-order valence-electron chi connectivity index (χ2n) is 5.12. The fourth-order valence-electron chi connectivity index (χ4n) is 2.22. The molecule has 1 aromatic heterocycles. The second kappa shape index (κ2) is 7.41. The molecule has 1 aromatic carbocycles. The summed E-state index contributed by atoms with van der Waals surface area (Å²) in [6.45, 7) is 1.98. The van der Waals surface area contributed by atoms with Gasteiger partial charge < -0.3 is 10.1 Å². The van der Waals surface area contributed by atoms with Crippen molar-refractivity contribution >= 4 is 21.8 Å². The molecule has 0 aliphatic rings. The number of esters is 1. The van der Waals surface area contributed by atoms with Crippen molar-refractivity contribution in [2.75, 3.05) is 12.4 Å². The number of methoxy groups -OCH3 is 1. The molecule has 2 aromatic rings. The van der Waals surface area contributed by atoms with Crippen LogP contribution in [0.3, 0.4) is 0 Å². The van der Waals surface area contributed by atoms with Crippen LogP contribution in [-0.2, 0) is 14.8 Å². The van der Waals surface area contributed by atoms with E-state index in [1.54, 1.807) is 24.3 Å². The Morgan fingerprint density at radius 3 is 2.46 bits per heavy atom. The molecule has 0 radical (unpaired) electrons. The molecular weight excluding hydrogens is 330 g/mol. The maximum absolute atomic E-state index is 11.5. The van der Waals surface area contributed by atoms with Gasteiger partial charge in [-0.15, -0.1) is 0 Å². The quantitative estimate of drug-likeness (QED) is 0.772. The first-order chi connectivity index (χ1) is 11.3. The van der Waals surface area contributed by atoms with Gasteiger partial charge in [0.25, 0.3) is 10.0 Å². The van der Waals surface area contributed by atoms with Gasteiger partial charge in [-0.05, 0) is 36.2 Å². The number of hydrogen-bond acceptors (Lipinski definition) is 6. The number of ether oxygens (including phenoxy) is 1. The highest BCUT2D eigenvalue weighted by Crippen LogP contribution is 2.22. The average molecular weight is 349 g/mol. The van der Waals surface area contributed by atoms with Crippen LogP contribution in [0, 0.1) is 0 Å². The van der Waals surface area contributed by atoms with E-state index in [4.69, 9.17) is 5.14 Å². The van der Waals surface area contributed by atoms with Gasteiger partial charge in [-0.25, -0.2) is 23.3 Å². The van der Waals surface area contributed by atoms with Gasteiger partial charge in [0.1, 0.15) is 5.82 Å². The number of benzene rings is 1. The van der Waals surface area contributed by atoms with Crippen molar-refractivity contribution in [1.82, 2.24) is 4.98 Å². The molecule has 0 spiro atoms. The Morgan fingerprint density at radius 2 is 1.92 bits per heavy atom. The molecule has 24 heavy (non-hydrogen) atoms. The standard InChI is InChI=1S/C16H19N3O4S/c1-3-13(11-7-9-12(10-8-11)16(20)23-2)18-14-5-4-6-15(19-14)24(17,21)22/h4-10,13H,3H2,1-2H3,(H,18,19)(H2,17,21,22). The minimum atomic E-state index is -3.85. The summed E-state index contributed by atoms with van der Waals surface area (Å²) in [6, 6.07) is 11.5. The highest BCUT2D eigenvalue weighted by molar-refractivity contribution is 7.89. The van der Waals surface area contributed by atoms with Crippen LogP contribution in [0.5, 0.6) is 0 Å². The van der Waals surface area contributed by atoms with Gasteiger partial charge in [0, 0.05) is 0 Å². The summed E-state index contributed by atoms with van der Waals surface area (Å²) >= 11 is 0. The zero-order valence-corrected chi connectivity index (χ0v) is 14.2. The topological polar surface area (TPSA) is 111 Å². The average Bonchev–Trinajstić information content (AvgIpc) is 2.58. The van der Waals surface area contributed by atoms with Gasteiger partial charge in [0.2, 0.25) is 0 Å². The molecule has 0 aliphatic heterocycles. The van der Waals surface area contributed by atoms with Crippen molar-refractivity contribution in [3.63, 3.8) is 0 Å². The van der Waals surface area contributed by atoms with Crippen LogP contribution in [0.4, 0.5) is 5.82 Å². The van der Waals surface area contributed by atoms with Crippen LogP contribution in [0.2, 0.25) is 0 Å². The summed E-state index contributed by atoms with van der Waals surface area (Å²) in [5, 5.41) is 8.08. The van der Waals surface area contributed by atoms with E-state index >= 15 is 0 Å². The largest absolute Gasteiger partial charge is 0.465 e. The monoisotopic (exact) mass is 349 g/mol. The van der Waals surface area contributed by atoms with E-state index in [-0.39, 0.29) is 11.1 Å². The van der Waals surface area contributed by atoms with Crippen molar-refractivity contribution in [3.05, 3.63) is 53.6 Å². The smallest absolute Gasteiger partial charge is 0.337 e. The fraction of sp³-hybridized carbons (Fsp3) is 0.250. The Bertz CT molecular complexity index is 819. The molecule has 128 valence electrons. The van der Waals surface area contributed by atoms with Crippen LogP contribution in [0.25, 0.3) is 0 Å². The number of aromatic nitrogens is 1. The molecule has 1 heterocycles. The Kier molecular flexibility index (Phi) is 5.53. The molecule has 0 amide bonds. The van der Waals surface area contributed by atoms with Gasteiger partial charge in [-0.2, -0.15) is 0 Å². The number of carbonyl (C=O) groups is 1. The first-order valence-electron chi connectivity index (χ1n) is 7.29. The SMILES string of the molecule is CCC(Nc1cccc(S(N)(=O)=O)n1)c1ccc(C(=O)OC)cc1. The zero-order chi connectivity index (χ0) is 17.7. The van der Waals surface area contributed by atoms with Crippen molar-refractivity contribution in [1.29, 1.82) is 0 Å². The third-order valence-corrected chi connectivity index (χ3v) is 4.29. The third kappa shape index (κ3) is 4.30. The number of nitrogens with zero attached hydrogens (tertiary/aromatic N) is 1. The number of sulfonamides is 1. The first-order valence-corrected chi connectivity index (χ1v) is 8.84. The van der Waals surface area contributed by atoms with Gasteiger partial charge in [0.05, 0.1) is 18.7 Å². The Balaban J connectivity index is 2.22. The van der Waals surface area contributed by atoms with Gasteiger partial charge in [-0.3, -0.25) is 0 Å². The Labute approximate surface area is 140 Å². The van der Waals surface area contributed by atoms with E-state index < -0.39 is 16.0 Å². The summed E-state index contributed by atoms with van der Waals surface area (Å²) in [5.74, 6) is 0.00972. The summed E-state index contributed by atoms with van der Waals surface area (Å²) < 4.78 is 27.4. The van der Waals surface area contributed by atoms with Gasteiger partial charge in [-0.1, -0.05) is 25.1 Å². The third-order valence-electron chi connectivity index (χ3n) is 3.48. The van der Waals surface area contributed by atoms with Gasteiger partial charge in [0.15, 0.2) is 5.03 Å². The molecule has 2 rings (SSSR count). The summed E-state index contributed by atoms with van der Waals surface area (Å²) in [5.41, 5.74) is 1.40. The molecule has 7 nitrogen and oxygen atoms in total. The van der Waals surface area contributed by atoms with Crippen LogP contribution >= 0.6 is 0 Å². The molecule has 1 atom stereocenters. The minimum Gasteiger partial charge on any atom is -0.465 e. The van der Waals surface area contributed by atoms with Crippen LogP contribution < -0.4 is 10.5 Å². The molecule has 3 N–H and O–H groups in total. The number of carbonyl (C=O) groups excluding carboxylic acids is 1. The number of nitrogens with two attached hydrogens (primary N) is 1. The summed E-state index contributed by atoms with van der Waals surface area (Å²) in [7, 11) is -2.52. The lowest BCUT2D eigenvalue weighted by Gasteiger charge is -2.18. The molecule has 0 saturated heterocycles. The van der Waals surface area contributed by atoms with Crippen LogP contribution in [0.1, 0.15) is 35.3 Å². The zero-order valence-electron chi connectivity index (χ0n) is 13.4. The molecule has 1 unspecified atom stereocenters. The molecule has 0 aliphatic carbocycles. The lowest BCUT2D eigenvalue weighted by atomic mass is 10.0. The van der Waals surface area contributed by atoms with Crippen molar-refractivity contribution in [3.8, 4) is 0 Å². The first kappa shape index (κ1) is 17.9. The number of anilines is 1. The minimum absolute atomic E-state index is 0.0973. The van der Waals surface area contributed by atoms with E-state index in [2.05, 4.69) is 15.0 Å². The predicted octanol–water partition coefficient (Wildman–Crippen LogP) is 2.08. The number of primary sulfonamides is 1. The lowest BCUT2D eigenvalue weighted by Crippen LogP contribution is -2.16. The van der Waals surface area contributed by atoms with Crippen LogP contribution in [-0.4, -0.2) is 26.5 Å². The maximum atomic E-state index is 11.5. The molecular formula is C16H19N3O4S. The Hall–Kier alpha value is -2.45. The van der Waals surface area contributed by atoms with E-state index in [0.29, 0.717) is 11.4 Å². The van der Waals surface area contributed by atoms with Gasteiger partial charge >= 0.3 is 5.97 Å². The maximum Gasteiger partial charge on any atom is 0.337 e. The van der Waals surface area contributed by atoms with E-state index in [0.717, 1.165) is 12.0 Å². The number of nitrogens with one attached hydrogen (secondary N) is 1. The van der Waals surface area contributed by atoms with Crippen molar-refractivity contribution in [2.45, 2.75) is 24.4 Å². The van der Waals surface area contributed by atoms with Crippen molar-refractivity contribution in [2.24, 2.45) is 5.14 Å². The molecule has 0 bridgehead atoms. The van der Waals surface area contributed by atoms with Crippen molar-refractivity contribution < 1.29 is 17.9 Å². The fourth-order valence-corrected chi connectivity index (χ4v) is 2.72.